The van der Waals surface area contributed by atoms with Gasteiger partial charge in [-0.25, -0.2) is 8.42 Å². The summed E-state index contributed by atoms with van der Waals surface area (Å²) in [6.07, 6.45) is 2.43. The van der Waals surface area contributed by atoms with Gasteiger partial charge >= 0.3 is 5.97 Å². The third-order valence-electron chi connectivity index (χ3n) is 5.49. The topological polar surface area (TPSA) is 89.7 Å². The first-order chi connectivity index (χ1) is 13.2. The average Bonchev–Trinajstić information content (AvgIpc) is 2.64. The Balaban J connectivity index is 2.27. The summed E-state index contributed by atoms with van der Waals surface area (Å²) in [7, 11) is -1.50. The van der Waals surface area contributed by atoms with Gasteiger partial charge in [-0.05, 0) is 48.8 Å². The lowest BCUT2D eigenvalue weighted by atomic mass is 9.92. The summed E-state index contributed by atoms with van der Waals surface area (Å²) in [6, 6.07) is 6.20. The molecule has 0 spiro atoms. The Morgan fingerprint density at radius 1 is 1.29 bits per heavy atom. The minimum absolute atomic E-state index is 0.0715. The zero-order chi connectivity index (χ0) is 20.9. The monoisotopic (exact) mass is 410 g/mol. The SMILES string of the molecule is CC[C@@H](CC(=O)OC)c1ccc(N(CC(C)C)C2CCS(=O)(=O)CC2)c(N)c1. The average molecular weight is 411 g/mol. The van der Waals surface area contributed by atoms with E-state index in [-0.39, 0.29) is 29.4 Å². The molecule has 0 bridgehead atoms. The van der Waals surface area contributed by atoms with Crippen LogP contribution in [-0.2, 0) is 19.4 Å². The van der Waals surface area contributed by atoms with Crippen LogP contribution in [0, 0.1) is 5.92 Å². The summed E-state index contributed by atoms with van der Waals surface area (Å²) in [4.78, 5) is 14.0. The number of methoxy groups -OCH3 is 1. The standard InChI is InChI=1S/C21H34N2O4S/c1-5-16(13-21(24)27-4)17-6-7-20(19(22)12-17)23(14-15(2)3)18-8-10-28(25,26)11-9-18/h6-7,12,15-16,18H,5,8-11,13-14,22H2,1-4H3/t16-/m0/s1. The van der Waals surface area contributed by atoms with Crippen molar-refractivity contribution in [1.82, 2.24) is 0 Å². The molecule has 2 N–H and O–H groups in total. The quantitative estimate of drug-likeness (QED) is 0.522. The van der Waals surface area contributed by atoms with Gasteiger partial charge in [-0.2, -0.15) is 0 Å². The maximum absolute atomic E-state index is 11.8. The van der Waals surface area contributed by atoms with Gasteiger partial charge in [-0.1, -0.05) is 26.8 Å². The number of ether oxygens (including phenoxy) is 1. The second kappa shape index (κ2) is 9.63. The molecule has 0 aromatic heterocycles. The van der Waals surface area contributed by atoms with Crippen LogP contribution in [0.15, 0.2) is 18.2 Å². The van der Waals surface area contributed by atoms with Gasteiger partial charge in [0.25, 0.3) is 0 Å². The van der Waals surface area contributed by atoms with Crippen LogP contribution in [0.3, 0.4) is 0 Å². The highest BCUT2D eigenvalue weighted by Crippen LogP contribution is 2.34. The van der Waals surface area contributed by atoms with Gasteiger partial charge in [0.05, 0.1) is 36.4 Å². The number of hydrogen-bond donors (Lipinski definition) is 1. The normalized spacial score (nSPS) is 18.0. The van der Waals surface area contributed by atoms with Crippen molar-refractivity contribution in [3.8, 4) is 0 Å². The van der Waals surface area contributed by atoms with Gasteiger partial charge in [0.15, 0.2) is 0 Å². The van der Waals surface area contributed by atoms with Crippen LogP contribution in [0.25, 0.3) is 0 Å². The third-order valence-corrected chi connectivity index (χ3v) is 7.21. The van der Waals surface area contributed by atoms with Crippen LogP contribution in [0.1, 0.15) is 57.9 Å². The molecule has 0 aliphatic carbocycles. The van der Waals surface area contributed by atoms with Crippen LogP contribution < -0.4 is 10.6 Å². The second-order valence-electron chi connectivity index (χ2n) is 8.13. The fraction of sp³-hybridized carbons (Fsp3) is 0.667. The van der Waals surface area contributed by atoms with E-state index >= 15 is 0 Å². The zero-order valence-corrected chi connectivity index (χ0v) is 18.3. The molecule has 2 rings (SSSR count). The lowest BCUT2D eigenvalue weighted by Gasteiger charge is -2.38. The number of benzene rings is 1. The highest BCUT2D eigenvalue weighted by molar-refractivity contribution is 7.91. The first-order valence-corrected chi connectivity index (χ1v) is 11.9. The Labute approximate surface area is 169 Å². The molecule has 0 saturated carbocycles. The van der Waals surface area contributed by atoms with E-state index in [9.17, 15) is 13.2 Å². The molecule has 7 heteroatoms. The largest absolute Gasteiger partial charge is 0.469 e. The molecule has 1 saturated heterocycles. The Kier molecular flexibility index (Phi) is 7.75. The zero-order valence-electron chi connectivity index (χ0n) is 17.5. The van der Waals surface area contributed by atoms with Gasteiger partial charge in [0.2, 0.25) is 0 Å². The molecule has 1 aliphatic rings. The summed E-state index contributed by atoms with van der Waals surface area (Å²) in [5.74, 6) is 0.754. The maximum Gasteiger partial charge on any atom is 0.306 e. The number of nitrogens with two attached hydrogens (primary N) is 1. The first kappa shape index (κ1) is 22.5. The number of nitrogens with zero attached hydrogens (tertiary/aromatic N) is 1. The molecule has 1 aromatic carbocycles. The molecule has 1 aliphatic heterocycles. The third kappa shape index (κ3) is 5.87. The number of esters is 1. The Bertz CT molecular complexity index is 763. The number of sulfone groups is 1. The molecular formula is C21H34N2O4S. The van der Waals surface area contributed by atoms with E-state index in [1.807, 2.05) is 25.1 Å². The van der Waals surface area contributed by atoms with Crippen molar-refractivity contribution in [2.45, 2.75) is 58.4 Å². The minimum Gasteiger partial charge on any atom is -0.469 e. The van der Waals surface area contributed by atoms with E-state index in [1.165, 1.54) is 7.11 Å². The number of anilines is 2. The van der Waals surface area contributed by atoms with Crippen LogP contribution in [-0.4, -0.2) is 45.6 Å². The summed E-state index contributed by atoms with van der Waals surface area (Å²) in [5.41, 5.74) is 9.10. The van der Waals surface area contributed by atoms with Crippen LogP contribution >= 0.6 is 0 Å². The number of carbonyl (C=O) groups excluding carboxylic acids is 1. The second-order valence-corrected chi connectivity index (χ2v) is 10.4. The van der Waals surface area contributed by atoms with E-state index < -0.39 is 9.84 Å². The molecule has 1 aromatic rings. The van der Waals surface area contributed by atoms with Gasteiger partial charge in [-0.3, -0.25) is 4.79 Å². The lowest BCUT2D eigenvalue weighted by Crippen LogP contribution is -2.43. The van der Waals surface area contributed by atoms with Crippen molar-refractivity contribution in [3.05, 3.63) is 23.8 Å². The van der Waals surface area contributed by atoms with Crippen LogP contribution in [0.2, 0.25) is 0 Å². The molecule has 0 radical (unpaired) electrons. The number of carbonyl (C=O) groups is 1. The molecule has 1 fully saturated rings. The number of hydrogen-bond acceptors (Lipinski definition) is 6. The molecule has 28 heavy (non-hydrogen) atoms. The van der Waals surface area contributed by atoms with E-state index in [4.69, 9.17) is 10.5 Å². The molecule has 1 atom stereocenters. The van der Waals surface area contributed by atoms with Crippen molar-refractivity contribution >= 4 is 27.2 Å². The fourth-order valence-corrected chi connectivity index (χ4v) is 5.36. The smallest absolute Gasteiger partial charge is 0.306 e. The van der Waals surface area contributed by atoms with Gasteiger partial charge in [-0.15, -0.1) is 0 Å². The van der Waals surface area contributed by atoms with E-state index in [0.717, 1.165) is 24.2 Å². The van der Waals surface area contributed by atoms with Gasteiger partial charge in [0, 0.05) is 12.6 Å². The first-order valence-electron chi connectivity index (χ1n) is 10.1. The van der Waals surface area contributed by atoms with Crippen molar-refractivity contribution in [3.63, 3.8) is 0 Å². The van der Waals surface area contributed by atoms with Crippen molar-refractivity contribution in [2.75, 3.05) is 35.8 Å². The summed E-state index contributed by atoms with van der Waals surface area (Å²) >= 11 is 0. The Hall–Kier alpha value is -1.76. The molecule has 1 heterocycles. The Morgan fingerprint density at radius 2 is 1.93 bits per heavy atom. The van der Waals surface area contributed by atoms with Gasteiger partial charge < -0.3 is 15.4 Å². The number of nitrogen functional groups attached to an aromatic ring is 1. The summed E-state index contributed by atoms with van der Waals surface area (Å²) in [5, 5.41) is 0. The van der Waals surface area contributed by atoms with E-state index in [0.29, 0.717) is 30.9 Å². The molecule has 158 valence electrons. The minimum atomic E-state index is -2.91. The van der Waals surface area contributed by atoms with Crippen molar-refractivity contribution in [2.24, 2.45) is 5.92 Å². The highest BCUT2D eigenvalue weighted by Gasteiger charge is 2.29. The molecule has 6 nitrogen and oxygen atoms in total. The molecule has 0 unspecified atom stereocenters. The highest BCUT2D eigenvalue weighted by atomic mass is 32.2. The summed E-state index contributed by atoms with van der Waals surface area (Å²) in [6.45, 7) is 7.18. The molecular weight excluding hydrogens is 376 g/mol. The maximum atomic E-state index is 11.8. The summed E-state index contributed by atoms with van der Waals surface area (Å²) < 4.78 is 28.5. The predicted molar refractivity (Wildman–Crippen MR) is 114 cm³/mol. The van der Waals surface area contributed by atoms with E-state index in [2.05, 4.69) is 18.7 Å². The van der Waals surface area contributed by atoms with E-state index in [1.54, 1.807) is 0 Å². The fourth-order valence-electron chi connectivity index (χ4n) is 3.90. The van der Waals surface area contributed by atoms with Crippen LogP contribution in [0.4, 0.5) is 11.4 Å². The lowest BCUT2D eigenvalue weighted by molar-refractivity contribution is -0.141. The van der Waals surface area contributed by atoms with Crippen LogP contribution in [0.5, 0.6) is 0 Å². The van der Waals surface area contributed by atoms with Crippen molar-refractivity contribution in [1.29, 1.82) is 0 Å². The van der Waals surface area contributed by atoms with Gasteiger partial charge in [0.1, 0.15) is 9.84 Å². The van der Waals surface area contributed by atoms with Crippen molar-refractivity contribution < 1.29 is 17.9 Å². The predicted octanol–water partition coefficient (Wildman–Crippen LogP) is 3.37. The molecule has 0 amide bonds. The Morgan fingerprint density at radius 3 is 2.43 bits per heavy atom. The number of rotatable bonds is 8.